The molecule has 0 unspecified atom stereocenters. The van der Waals surface area contributed by atoms with Crippen molar-refractivity contribution in [3.8, 4) is 0 Å². The van der Waals surface area contributed by atoms with Gasteiger partial charge in [-0.15, -0.1) is 11.8 Å². The number of carbonyl (C=O) groups is 1. The Morgan fingerprint density at radius 1 is 1.09 bits per heavy atom. The highest BCUT2D eigenvalue weighted by atomic mass is 32.2. The second kappa shape index (κ2) is 8.04. The number of hydrogen-bond donors (Lipinski definition) is 1. The Balaban J connectivity index is 1.96. The molecule has 22 heavy (non-hydrogen) atoms. The molecule has 0 saturated heterocycles. The van der Waals surface area contributed by atoms with Gasteiger partial charge >= 0.3 is 0 Å². The van der Waals surface area contributed by atoms with E-state index in [1.807, 2.05) is 25.1 Å². The normalized spacial score (nSPS) is 13.4. The zero-order valence-electron chi connectivity index (χ0n) is 13.4. The Morgan fingerprint density at radius 2 is 1.73 bits per heavy atom. The summed E-state index contributed by atoms with van der Waals surface area (Å²) in [6.07, 6.45) is 0.887. The van der Waals surface area contributed by atoms with Crippen LogP contribution in [0.25, 0.3) is 0 Å². The number of amides is 1. The summed E-state index contributed by atoms with van der Waals surface area (Å²) in [5.74, 6) is 0.0845. The van der Waals surface area contributed by atoms with Gasteiger partial charge in [-0.1, -0.05) is 55.0 Å². The zero-order chi connectivity index (χ0) is 15.9. The van der Waals surface area contributed by atoms with E-state index in [1.54, 1.807) is 11.8 Å². The molecule has 116 valence electrons. The molecule has 2 atom stereocenters. The Hall–Kier alpha value is -1.74. The molecule has 0 aliphatic carbocycles. The van der Waals surface area contributed by atoms with Crippen molar-refractivity contribution < 1.29 is 4.79 Å². The standard InChI is InChI=1S/C19H23NOS/c1-4-18(16-8-6-5-7-9-16)20-19(21)15(3)22-17-12-10-14(2)11-13-17/h5-13,15,18H,4H2,1-3H3,(H,20,21)/t15-,18-/m1/s1. The highest BCUT2D eigenvalue weighted by molar-refractivity contribution is 8.00. The van der Waals surface area contributed by atoms with Crippen LogP contribution in [0.2, 0.25) is 0 Å². The smallest absolute Gasteiger partial charge is 0.233 e. The van der Waals surface area contributed by atoms with E-state index in [0.717, 1.165) is 16.9 Å². The quantitative estimate of drug-likeness (QED) is 0.780. The van der Waals surface area contributed by atoms with Crippen LogP contribution in [0, 0.1) is 6.92 Å². The lowest BCUT2D eigenvalue weighted by Gasteiger charge is -2.20. The van der Waals surface area contributed by atoms with Crippen molar-refractivity contribution in [1.82, 2.24) is 5.32 Å². The van der Waals surface area contributed by atoms with Crippen molar-refractivity contribution in [3.63, 3.8) is 0 Å². The summed E-state index contributed by atoms with van der Waals surface area (Å²) in [7, 11) is 0. The molecule has 0 aromatic heterocycles. The molecular formula is C19H23NOS. The van der Waals surface area contributed by atoms with Crippen molar-refractivity contribution >= 4 is 17.7 Å². The van der Waals surface area contributed by atoms with E-state index >= 15 is 0 Å². The predicted octanol–water partition coefficient (Wildman–Crippen LogP) is 4.74. The third-order valence-electron chi connectivity index (χ3n) is 3.63. The molecule has 1 N–H and O–H groups in total. The second-order valence-electron chi connectivity index (χ2n) is 5.45. The van der Waals surface area contributed by atoms with Crippen LogP contribution in [0.5, 0.6) is 0 Å². The highest BCUT2D eigenvalue weighted by Crippen LogP contribution is 2.25. The van der Waals surface area contributed by atoms with Crippen molar-refractivity contribution in [3.05, 3.63) is 65.7 Å². The van der Waals surface area contributed by atoms with Crippen molar-refractivity contribution in [2.45, 2.75) is 43.4 Å². The lowest BCUT2D eigenvalue weighted by Crippen LogP contribution is -2.34. The largest absolute Gasteiger partial charge is 0.348 e. The first-order valence-corrected chi connectivity index (χ1v) is 8.56. The van der Waals surface area contributed by atoms with E-state index in [0.29, 0.717) is 0 Å². The fourth-order valence-corrected chi connectivity index (χ4v) is 3.15. The molecule has 2 nitrogen and oxygen atoms in total. The molecule has 0 spiro atoms. The topological polar surface area (TPSA) is 29.1 Å². The maximum atomic E-state index is 12.4. The van der Waals surface area contributed by atoms with E-state index < -0.39 is 0 Å². The number of thioether (sulfide) groups is 1. The number of carbonyl (C=O) groups excluding carboxylic acids is 1. The first-order chi connectivity index (χ1) is 10.6. The molecular weight excluding hydrogens is 290 g/mol. The van der Waals surface area contributed by atoms with Gasteiger partial charge in [0.05, 0.1) is 11.3 Å². The minimum atomic E-state index is -0.111. The van der Waals surface area contributed by atoms with Crippen LogP contribution in [0.1, 0.15) is 37.4 Å². The maximum Gasteiger partial charge on any atom is 0.233 e. The molecule has 2 aromatic carbocycles. The van der Waals surface area contributed by atoms with Gasteiger partial charge < -0.3 is 5.32 Å². The predicted molar refractivity (Wildman–Crippen MR) is 94.1 cm³/mol. The Bertz CT molecular complexity index is 595. The number of hydrogen-bond acceptors (Lipinski definition) is 2. The zero-order valence-corrected chi connectivity index (χ0v) is 14.2. The molecule has 0 aliphatic heterocycles. The molecule has 0 heterocycles. The van der Waals surface area contributed by atoms with Crippen LogP contribution in [-0.4, -0.2) is 11.2 Å². The third kappa shape index (κ3) is 4.63. The fourth-order valence-electron chi connectivity index (χ4n) is 2.27. The Labute approximate surface area is 137 Å². The summed E-state index contributed by atoms with van der Waals surface area (Å²) in [5, 5.41) is 3.04. The maximum absolute atomic E-state index is 12.4. The van der Waals surface area contributed by atoms with Gasteiger partial charge in [-0.05, 0) is 38.0 Å². The van der Waals surface area contributed by atoms with Crippen LogP contribution in [0.3, 0.4) is 0 Å². The number of nitrogens with one attached hydrogen (secondary N) is 1. The lowest BCUT2D eigenvalue weighted by molar-refractivity contribution is -0.121. The summed E-state index contributed by atoms with van der Waals surface area (Å²) in [6, 6.07) is 18.5. The molecule has 3 heteroatoms. The van der Waals surface area contributed by atoms with E-state index in [9.17, 15) is 4.79 Å². The monoisotopic (exact) mass is 313 g/mol. The summed E-state index contributed by atoms with van der Waals surface area (Å²) < 4.78 is 0. The molecule has 0 bridgehead atoms. The Morgan fingerprint density at radius 3 is 2.32 bits per heavy atom. The van der Waals surface area contributed by atoms with Crippen LogP contribution in [0.15, 0.2) is 59.5 Å². The van der Waals surface area contributed by atoms with Gasteiger partial charge in [0.2, 0.25) is 5.91 Å². The van der Waals surface area contributed by atoms with Crippen LogP contribution < -0.4 is 5.32 Å². The molecule has 0 saturated carbocycles. The van der Waals surface area contributed by atoms with E-state index in [4.69, 9.17) is 0 Å². The third-order valence-corrected chi connectivity index (χ3v) is 4.74. The van der Waals surface area contributed by atoms with E-state index in [1.165, 1.54) is 5.56 Å². The van der Waals surface area contributed by atoms with E-state index in [2.05, 4.69) is 55.6 Å². The molecule has 2 aromatic rings. The molecule has 0 radical (unpaired) electrons. The van der Waals surface area contributed by atoms with Gasteiger partial charge in [-0.3, -0.25) is 4.79 Å². The summed E-state index contributed by atoms with van der Waals surface area (Å²) in [4.78, 5) is 13.6. The molecule has 0 aliphatic rings. The molecule has 0 fully saturated rings. The van der Waals surface area contributed by atoms with Gasteiger partial charge in [0.1, 0.15) is 0 Å². The number of aryl methyl sites for hydroxylation is 1. The minimum Gasteiger partial charge on any atom is -0.348 e. The lowest BCUT2D eigenvalue weighted by atomic mass is 10.0. The second-order valence-corrected chi connectivity index (χ2v) is 6.87. The average molecular weight is 313 g/mol. The first kappa shape index (κ1) is 16.6. The van der Waals surface area contributed by atoms with Gasteiger partial charge in [-0.2, -0.15) is 0 Å². The first-order valence-electron chi connectivity index (χ1n) is 7.68. The highest BCUT2D eigenvalue weighted by Gasteiger charge is 2.18. The number of rotatable bonds is 6. The van der Waals surface area contributed by atoms with Crippen LogP contribution in [0.4, 0.5) is 0 Å². The van der Waals surface area contributed by atoms with Gasteiger partial charge in [-0.25, -0.2) is 0 Å². The minimum absolute atomic E-state index is 0.0785. The number of benzene rings is 2. The van der Waals surface area contributed by atoms with Gasteiger partial charge in [0.15, 0.2) is 0 Å². The average Bonchev–Trinajstić information content (AvgIpc) is 2.55. The van der Waals surface area contributed by atoms with Crippen molar-refractivity contribution in [1.29, 1.82) is 0 Å². The van der Waals surface area contributed by atoms with Crippen molar-refractivity contribution in [2.24, 2.45) is 0 Å². The van der Waals surface area contributed by atoms with Crippen LogP contribution >= 0.6 is 11.8 Å². The SMILES string of the molecule is CC[C@@H](NC(=O)[C@@H](C)Sc1ccc(C)cc1)c1ccccc1. The summed E-state index contributed by atoms with van der Waals surface area (Å²) >= 11 is 1.60. The molecule has 1 amide bonds. The fraction of sp³-hybridized carbons (Fsp3) is 0.316. The van der Waals surface area contributed by atoms with Gasteiger partial charge in [0.25, 0.3) is 0 Å². The van der Waals surface area contributed by atoms with Crippen molar-refractivity contribution in [2.75, 3.05) is 0 Å². The molecule has 2 rings (SSSR count). The van der Waals surface area contributed by atoms with Gasteiger partial charge in [0, 0.05) is 4.90 Å². The summed E-state index contributed by atoms with van der Waals surface area (Å²) in [5.41, 5.74) is 2.39. The Kier molecular flexibility index (Phi) is 6.08. The van der Waals surface area contributed by atoms with E-state index in [-0.39, 0.29) is 17.2 Å². The summed E-state index contributed by atoms with van der Waals surface area (Å²) in [6.45, 7) is 6.11. The van der Waals surface area contributed by atoms with Crippen LogP contribution in [-0.2, 0) is 4.79 Å².